The van der Waals surface area contributed by atoms with Gasteiger partial charge in [-0.15, -0.1) is 0 Å². The summed E-state index contributed by atoms with van der Waals surface area (Å²) in [5, 5.41) is 12.7. The molecule has 1 aromatic heterocycles. The monoisotopic (exact) mass is 572 g/mol. The van der Waals surface area contributed by atoms with E-state index in [9.17, 15) is 14.7 Å². The number of rotatable bonds is 13. The summed E-state index contributed by atoms with van der Waals surface area (Å²) in [6, 6.07) is 7.82. The Morgan fingerprint density at radius 3 is 2.51 bits per heavy atom. The smallest absolute Gasteiger partial charge is 0.326 e. The molecule has 212 valence electrons. The van der Waals surface area contributed by atoms with Crippen LogP contribution in [0.15, 0.2) is 61.0 Å². The van der Waals surface area contributed by atoms with Crippen LogP contribution in [0, 0.1) is 5.92 Å². The summed E-state index contributed by atoms with van der Waals surface area (Å²) in [5.74, 6) is -1.04. The Hall–Kier alpha value is -2.94. The van der Waals surface area contributed by atoms with Gasteiger partial charge < -0.3 is 19.6 Å². The first-order valence-corrected chi connectivity index (χ1v) is 16.3. The fourth-order valence-electron chi connectivity index (χ4n) is 3.59. The van der Waals surface area contributed by atoms with Crippen LogP contribution in [0.3, 0.4) is 0 Å². The second-order valence-electron chi connectivity index (χ2n) is 11.1. The van der Waals surface area contributed by atoms with E-state index in [4.69, 9.17) is 20.8 Å². The van der Waals surface area contributed by atoms with Crippen LogP contribution in [0.2, 0.25) is 23.2 Å². The highest BCUT2D eigenvalue weighted by Crippen LogP contribution is 2.38. The number of carboxylic acids is 1. The molecule has 0 radical (unpaired) electrons. The maximum atomic E-state index is 12.7. The molecule has 1 unspecified atom stereocenters. The minimum Gasteiger partial charge on any atom is -0.495 e. The number of hydrogen-bond donors (Lipinski definition) is 2. The number of halogens is 1. The van der Waals surface area contributed by atoms with E-state index in [0.29, 0.717) is 22.8 Å². The summed E-state index contributed by atoms with van der Waals surface area (Å²) in [4.78, 5) is 28.7. The van der Waals surface area contributed by atoms with Gasteiger partial charge in [0.2, 0.25) is 5.91 Å². The minimum absolute atomic E-state index is 0.0260. The summed E-state index contributed by atoms with van der Waals surface area (Å²) in [6.07, 6.45) is 11.2. The number of aromatic nitrogens is 1. The number of nitrogens with zero attached hydrogens (tertiary/aromatic N) is 1. The maximum Gasteiger partial charge on any atom is 0.326 e. The number of amides is 1. The van der Waals surface area contributed by atoms with Crippen molar-refractivity contribution >= 4 is 37.9 Å². The van der Waals surface area contributed by atoms with Gasteiger partial charge in [0.1, 0.15) is 11.8 Å². The molecule has 0 saturated carbocycles. The van der Waals surface area contributed by atoms with Crippen LogP contribution in [0.4, 0.5) is 0 Å². The van der Waals surface area contributed by atoms with E-state index in [2.05, 4.69) is 57.2 Å². The Morgan fingerprint density at radius 1 is 1.23 bits per heavy atom. The van der Waals surface area contributed by atoms with Gasteiger partial charge in [-0.2, -0.15) is 0 Å². The van der Waals surface area contributed by atoms with E-state index in [0.717, 1.165) is 5.56 Å². The predicted molar refractivity (Wildman–Crippen MR) is 160 cm³/mol. The van der Waals surface area contributed by atoms with Gasteiger partial charge in [-0.3, -0.25) is 9.78 Å². The van der Waals surface area contributed by atoms with Crippen LogP contribution >= 0.6 is 11.6 Å². The largest absolute Gasteiger partial charge is 0.495 e. The van der Waals surface area contributed by atoms with Crippen LogP contribution < -0.4 is 10.1 Å². The van der Waals surface area contributed by atoms with Crippen molar-refractivity contribution in [1.82, 2.24) is 10.3 Å². The number of methoxy groups -OCH3 is 1. The van der Waals surface area contributed by atoms with Gasteiger partial charge in [-0.05, 0) is 65.9 Å². The second-order valence-corrected chi connectivity index (χ2v) is 16.3. The lowest BCUT2D eigenvalue weighted by Crippen LogP contribution is -2.45. The zero-order chi connectivity index (χ0) is 29.2. The van der Waals surface area contributed by atoms with E-state index in [1.807, 2.05) is 18.2 Å². The number of nitrogens with one attached hydrogen (secondary N) is 1. The summed E-state index contributed by atoms with van der Waals surface area (Å²) >= 11 is 6.17. The molecule has 0 bridgehead atoms. The van der Waals surface area contributed by atoms with Gasteiger partial charge in [-0.1, -0.05) is 69.7 Å². The average molecular weight is 573 g/mol. The lowest BCUT2D eigenvalue weighted by molar-refractivity contribution is -0.141. The molecule has 0 spiro atoms. The van der Waals surface area contributed by atoms with Crippen LogP contribution in [0.1, 0.15) is 45.2 Å². The van der Waals surface area contributed by atoms with E-state index >= 15 is 0 Å². The normalized spacial score (nSPS) is 14.8. The molecule has 0 saturated heterocycles. The van der Waals surface area contributed by atoms with Crippen molar-refractivity contribution in [3.8, 4) is 5.75 Å². The fourth-order valence-corrected chi connectivity index (χ4v) is 5.29. The first-order chi connectivity index (χ1) is 18.2. The van der Waals surface area contributed by atoms with Crippen molar-refractivity contribution in [1.29, 1.82) is 0 Å². The lowest BCUT2D eigenvalue weighted by Gasteiger charge is -2.40. The summed E-state index contributed by atoms with van der Waals surface area (Å²) in [7, 11) is -0.583. The molecule has 1 aromatic carbocycles. The Kier molecular flexibility index (Phi) is 12.0. The van der Waals surface area contributed by atoms with Crippen LogP contribution in [0.25, 0.3) is 6.08 Å². The highest BCUT2D eigenvalue weighted by atomic mass is 35.5. The molecule has 0 fully saturated rings. The molecule has 0 aliphatic rings. The van der Waals surface area contributed by atoms with Crippen molar-refractivity contribution in [2.75, 3.05) is 7.11 Å². The van der Waals surface area contributed by atoms with E-state index in [-0.39, 0.29) is 23.5 Å². The molecule has 2 aromatic rings. The number of benzene rings is 1. The highest BCUT2D eigenvalue weighted by molar-refractivity contribution is 6.74. The third-order valence-corrected chi connectivity index (χ3v) is 11.8. The van der Waals surface area contributed by atoms with Crippen LogP contribution in [-0.4, -0.2) is 49.5 Å². The van der Waals surface area contributed by atoms with Gasteiger partial charge in [-0.25, -0.2) is 4.79 Å². The summed E-state index contributed by atoms with van der Waals surface area (Å²) in [6.45, 7) is 13.1. The van der Waals surface area contributed by atoms with Crippen LogP contribution in [0.5, 0.6) is 5.75 Å². The standard InChI is InChI=1S/C30H41ClN2O5Si/c1-21(13-14-22-10-9-17-32-20-22)26(38-39(6,7)30(2,3)4)11-8-12-28(34)33-25(29(35)36)19-23-15-16-27(37-5)24(31)18-23/h8-10,12-18,20-21,25-26H,11,19H2,1-7H3,(H,33,34)(H,35,36)/b12-8+,14-13+/t21-,25?,26+/m1/s1. The average Bonchev–Trinajstić information content (AvgIpc) is 2.86. The predicted octanol–water partition coefficient (Wildman–Crippen LogP) is 6.54. The van der Waals surface area contributed by atoms with Crippen LogP contribution in [-0.2, 0) is 20.4 Å². The van der Waals surface area contributed by atoms with E-state index in [1.165, 1.54) is 13.2 Å². The molecule has 7 nitrogen and oxygen atoms in total. The molecule has 2 rings (SSSR count). The van der Waals surface area contributed by atoms with Gasteiger partial charge in [0, 0.05) is 18.8 Å². The molecule has 1 amide bonds. The Balaban J connectivity index is 2.11. The maximum absolute atomic E-state index is 12.7. The molecule has 9 heteroatoms. The fraction of sp³-hybridized carbons (Fsp3) is 0.433. The van der Waals surface area contributed by atoms with Crippen molar-refractivity contribution in [2.24, 2.45) is 5.92 Å². The van der Waals surface area contributed by atoms with Gasteiger partial charge in [0.25, 0.3) is 0 Å². The quantitative estimate of drug-likeness (QED) is 0.209. The molecular weight excluding hydrogens is 532 g/mol. The summed E-state index contributed by atoms with van der Waals surface area (Å²) < 4.78 is 11.9. The van der Waals surface area contributed by atoms with Gasteiger partial charge in [0.05, 0.1) is 18.2 Å². The minimum atomic E-state index is -2.09. The number of hydrogen-bond acceptors (Lipinski definition) is 5. The van der Waals surface area contributed by atoms with Gasteiger partial charge >= 0.3 is 5.97 Å². The van der Waals surface area contributed by atoms with Crippen molar-refractivity contribution in [3.63, 3.8) is 0 Å². The topological polar surface area (TPSA) is 97.8 Å². The number of pyridine rings is 1. The zero-order valence-corrected chi connectivity index (χ0v) is 25.7. The first kappa shape index (κ1) is 32.3. The third kappa shape index (κ3) is 10.3. The zero-order valence-electron chi connectivity index (χ0n) is 23.9. The Bertz CT molecular complexity index is 1160. The molecule has 2 N–H and O–H groups in total. The number of carbonyl (C=O) groups is 2. The third-order valence-electron chi connectivity index (χ3n) is 7.02. The van der Waals surface area contributed by atoms with Crippen molar-refractivity contribution in [3.05, 3.63) is 77.1 Å². The molecule has 0 aliphatic heterocycles. The lowest BCUT2D eigenvalue weighted by atomic mass is 10.0. The number of carboxylic acid groups (broad SMARTS) is 1. The SMILES string of the molecule is COc1ccc(CC(NC(=O)/C=C/C[C@H](O[Si](C)(C)C(C)(C)C)[C@H](C)/C=C/c2cccnc2)C(=O)O)cc1Cl. The molecule has 0 aliphatic carbocycles. The second kappa shape index (κ2) is 14.4. The van der Waals surface area contributed by atoms with E-state index in [1.54, 1.807) is 36.7 Å². The highest BCUT2D eigenvalue weighted by Gasteiger charge is 2.39. The number of aliphatic carboxylic acids is 1. The Morgan fingerprint density at radius 2 is 1.95 bits per heavy atom. The molecular formula is C30H41ClN2O5Si. The van der Waals surface area contributed by atoms with Gasteiger partial charge in [0.15, 0.2) is 8.32 Å². The summed E-state index contributed by atoms with van der Waals surface area (Å²) in [5.41, 5.74) is 1.68. The Labute approximate surface area is 238 Å². The number of carbonyl (C=O) groups excluding carboxylic acids is 1. The first-order valence-electron chi connectivity index (χ1n) is 13.0. The van der Waals surface area contributed by atoms with Crippen molar-refractivity contribution < 1.29 is 23.9 Å². The molecule has 39 heavy (non-hydrogen) atoms. The van der Waals surface area contributed by atoms with E-state index < -0.39 is 26.2 Å². The number of ether oxygens (including phenoxy) is 1. The molecule has 1 heterocycles. The van der Waals surface area contributed by atoms with Crippen molar-refractivity contribution in [2.45, 2.75) is 70.8 Å². The molecule has 3 atom stereocenters.